The van der Waals surface area contributed by atoms with Crippen molar-refractivity contribution in [1.29, 1.82) is 0 Å². The van der Waals surface area contributed by atoms with E-state index in [-0.39, 0.29) is 18.9 Å². The second-order valence-electron chi connectivity index (χ2n) is 10.8. The molecule has 11 nitrogen and oxygen atoms in total. The van der Waals surface area contributed by atoms with Crippen molar-refractivity contribution < 1.29 is 33.3 Å². The van der Waals surface area contributed by atoms with Gasteiger partial charge in [-0.05, 0) is 79.8 Å². The Morgan fingerprint density at radius 2 is 1.50 bits per heavy atom. The smallest absolute Gasteiger partial charge is 0.407 e. The Morgan fingerprint density at radius 3 is 2.15 bits per heavy atom. The molecule has 4 rings (SSSR count). The molecule has 0 spiro atoms. The minimum atomic E-state index is -0.760. The highest BCUT2D eigenvalue weighted by Crippen LogP contribution is 2.34. The van der Waals surface area contributed by atoms with Crippen LogP contribution in [-0.2, 0) is 25.7 Å². The van der Waals surface area contributed by atoms with Gasteiger partial charge in [0.15, 0.2) is 5.16 Å². The van der Waals surface area contributed by atoms with E-state index >= 15 is 0 Å². The molecular weight excluding hydrogens is 632 g/mol. The average molecular weight is 675 g/mol. The van der Waals surface area contributed by atoms with Crippen LogP contribution in [-0.4, -0.2) is 67.6 Å². The zero-order valence-electron chi connectivity index (χ0n) is 27.5. The normalized spacial score (nSPS) is 11.3. The largest absolute Gasteiger partial charge is 0.497 e. The summed E-state index contributed by atoms with van der Waals surface area (Å²) in [4.78, 5) is 45.3. The second-order valence-corrected chi connectivity index (χ2v) is 11.9. The summed E-state index contributed by atoms with van der Waals surface area (Å²) in [6.45, 7) is 0.582. The number of aromatic nitrogens is 2. The molecule has 48 heavy (non-hydrogen) atoms. The fourth-order valence-corrected chi connectivity index (χ4v) is 5.65. The first-order chi connectivity index (χ1) is 23.4. The SMILES string of the molecule is COC(=O)C(CCCCNC(=O)OCc1ccccc1)NC(=O)CCCSc1nc(-c2ccc(OC)cc2)c(-c2ccc(OC)cc2)[nH]1. The number of H-pyrrole nitrogens is 1. The fourth-order valence-electron chi connectivity index (χ4n) is 4.84. The molecule has 3 N–H and O–H groups in total. The molecule has 0 bridgehead atoms. The van der Waals surface area contributed by atoms with Crippen LogP contribution in [0, 0.1) is 0 Å². The third-order valence-electron chi connectivity index (χ3n) is 7.43. The topological polar surface area (TPSA) is 141 Å². The number of alkyl carbamates (subject to hydrolysis) is 1. The van der Waals surface area contributed by atoms with Crippen LogP contribution in [0.25, 0.3) is 22.5 Å². The predicted octanol–water partition coefficient (Wildman–Crippen LogP) is 6.39. The van der Waals surface area contributed by atoms with Crippen molar-refractivity contribution in [3.05, 3.63) is 84.4 Å². The van der Waals surface area contributed by atoms with E-state index in [1.165, 1.54) is 18.9 Å². The van der Waals surface area contributed by atoms with Crippen LogP contribution in [0.2, 0.25) is 0 Å². The highest BCUT2D eigenvalue weighted by Gasteiger charge is 2.21. The average Bonchev–Trinajstić information content (AvgIpc) is 3.56. The van der Waals surface area contributed by atoms with Crippen molar-refractivity contribution >= 4 is 29.7 Å². The molecule has 3 aromatic carbocycles. The lowest BCUT2D eigenvalue weighted by atomic mass is 10.0. The molecule has 254 valence electrons. The second kappa shape index (κ2) is 19.0. The molecule has 1 aromatic heterocycles. The predicted molar refractivity (Wildman–Crippen MR) is 185 cm³/mol. The van der Waals surface area contributed by atoms with Gasteiger partial charge in [0.2, 0.25) is 5.91 Å². The van der Waals surface area contributed by atoms with E-state index in [2.05, 4.69) is 15.6 Å². The number of rotatable bonds is 18. The molecule has 0 radical (unpaired) electrons. The van der Waals surface area contributed by atoms with Crippen LogP contribution in [0.5, 0.6) is 11.5 Å². The van der Waals surface area contributed by atoms with E-state index in [4.69, 9.17) is 23.9 Å². The number of aromatic amines is 1. The summed E-state index contributed by atoms with van der Waals surface area (Å²) < 4.78 is 20.7. The molecule has 0 fully saturated rings. The first kappa shape index (κ1) is 35.9. The lowest BCUT2D eigenvalue weighted by molar-refractivity contribution is -0.145. The molecule has 2 amide bonds. The number of amides is 2. The van der Waals surface area contributed by atoms with Crippen LogP contribution in [0.4, 0.5) is 4.79 Å². The summed E-state index contributed by atoms with van der Waals surface area (Å²) in [5.74, 6) is 1.43. The molecule has 0 aliphatic rings. The maximum absolute atomic E-state index is 12.7. The number of methoxy groups -OCH3 is 3. The summed E-state index contributed by atoms with van der Waals surface area (Å²) in [6.07, 6.45) is 1.92. The van der Waals surface area contributed by atoms with Gasteiger partial charge in [0.25, 0.3) is 0 Å². The number of imidazole rings is 1. The Bertz CT molecular complexity index is 1530. The van der Waals surface area contributed by atoms with Crippen molar-refractivity contribution in [3.63, 3.8) is 0 Å². The Labute approximate surface area is 285 Å². The van der Waals surface area contributed by atoms with E-state index < -0.39 is 18.1 Å². The molecule has 0 saturated heterocycles. The number of ether oxygens (including phenoxy) is 4. The minimum Gasteiger partial charge on any atom is -0.497 e. The molecule has 4 aromatic rings. The third kappa shape index (κ3) is 11.1. The zero-order chi connectivity index (χ0) is 34.1. The zero-order valence-corrected chi connectivity index (χ0v) is 28.3. The number of nitrogens with one attached hydrogen (secondary N) is 3. The monoisotopic (exact) mass is 674 g/mol. The number of thioether (sulfide) groups is 1. The van der Waals surface area contributed by atoms with E-state index in [0.29, 0.717) is 38.0 Å². The number of benzene rings is 3. The Balaban J connectivity index is 1.23. The Hall–Kier alpha value is -4.97. The number of nitrogens with zero attached hydrogens (tertiary/aromatic N) is 1. The van der Waals surface area contributed by atoms with Crippen molar-refractivity contribution in [3.8, 4) is 34.0 Å². The van der Waals surface area contributed by atoms with Crippen LogP contribution in [0.1, 0.15) is 37.7 Å². The fraction of sp³-hybridized carbons (Fsp3) is 0.333. The molecule has 0 saturated carbocycles. The minimum absolute atomic E-state index is 0.193. The van der Waals surface area contributed by atoms with Gasteiger partial charge in [-0.25, -0.2) is 14.6 Å². The number of carbonyl (C=O) groups excluding carboxylic acids is 3. The van der Waals surface area contributed by atoms with Gasteiger partial charge in [-0.3, -0.25) is 4.79 Å². The number of carbonyl (C=O) groups is 3. The van der Waals surface area contributed by atoms with Crippen LogP contribution >= 0.6 is 11.8 Å². The van der Waals surface area contributed by atoms with Crippen molar-refractivity contribution in [2.24, 2.45) is 0 Å². The highest BCUT2D eigenvalue weighted by atomic mass is 32.2. The maximum atomic E-state index is 12.7. The number of esters is 1. The molecule has 12 heteroatoms. The Morgan fingerprint density at radius 1 is 0.833 bits per heavy atom. The Kier molecular flexibility index (Phi) is 14.2. The van der Waals surface area contributed by atoms with Crippen molar-refractivity contribution in [2.75, 3.05) is 33.6 Å². The summed E-state index contributed by atoms with van der Waals surface area (Å²) >= 11 is 1.52. The molecule has 1 atom stereocenters. The molecule has 0 aliphatic heterocycles. The lowest BCUT2D eigenvalue weighted by Crippen LogP contribution is -2.41. The number of hydrogen-bond donors (Lipinski definition) is 3. The van der Waals surface area contributed by atoms with Crippen LogP contribution < -0.4 is 20.1 Å². The third-order valence-corrected chi connectivity index (χ3v) is 8.39. The summed E-state index contributed by atoms with van der Waals surface area (Å²) in [5.41, 5.74) is 4.50. The van der Waals surface area contributed by atoms with Gasteiger partial charge in [0, 0.05) is 29.8 Å². The maximum Gasteiger partial charge on any atom is 0.407 e. The molecule has 1 unspecified atom stereocenters. The van der Waals surface area contributed by atoms with Gasteiger partial charge in [-0.1, -0.05) is 42.1 Å². The lowest BCUT2D eigenvalue weighted by Gasteiger charge is -2.16. The summed E-state index contributed by atoms with van der Waals surface area (Å²) in [5, 5.41) is 6.24. The van der Waals surface area contributed by atoms with E-state index in [9.17, 15) is 14.4 Å². The number of hydrogen-bond acceptors (Lipinski definition) is 9. The number of unbranched alkanes of at least 4 members (excludes halogenated alkanes) is 1. The van der Waals surface area contributed by atoms with Gasteiger partial charge < -0.3 is 34.6 Å². The van der Waals surface area contributed by atoms with Crippen molar-refractivity contribution in [1.82, 2.24) is 20.6 Å². The summed E-state index contributed by atoms with van der Waals surface area (Å²) in [6, 6.07) is 24.2. The van der Waals surface area contributed by atoms with E-state index in [1.54, 1.807) is 14.2 Å². The highest BCUT2D eigenvalue weighted by molar-refractivity contribution is 7.99. The van der Waals surface area contributed by atoms with Gasteiger partial charge in [0.1, 0.15) is 24.1 Å². The van der Waals surface area contributed by atoms with Gasteiger partial charge in [-0.15, -0.1) is 0 Å². The van der Waals surface area contributed by atoms with Crippen molar-refractivity contribution in [2.45, 2.75) is 49.9 Å². The van der Waals surface area contributed by atoms with E-state index in [1.807, 2.05) is 78.9 Å². The first-order valence-electron chi connectivity index (χ1n) is 15.7. The molecule has 1 heterocycles. The van der Waals surface area contributed by atoms with E-state index in [0.717, 1.165) is 44.7 Å². The standard InChI is InChI=1S/C36H42N4O7S/c1-44-28-18-14-26(15-19-28)32-33(27-16-20-29(45-2)21-17-27)40-35(39-32)48-23-9-13-31(41)38-30(34(42)46-3)12-7-8-22-37-36(43)47-24-25-10-5-4-6-11-25/h4-6,10-11,14-21,30H,7-9,12-13,22-24H2,1-3H3,(H,37,43)(H,38,41)(H,39,40). The molecular formula is C36H42N4O7S. The van der Waals surface area contributed by atoms with Crippen LogP contribution in [0.15, 0.2) is 84.0 Å². The van der Waals surface area contributed by atoms with Gasteiger partial charge >= 0.3 is 12.1 Å². The molecule has 0 aliphatic carbocycles. The van der Waals surface area contributed by atoms with Crippen LogP contribution in [0.3, 0.4) is 0 Å². The first-order valence-corrected chi connectivity index (χ1v) is 16.7. The quantitative estimate of drug-likeness (QED) is 0.0622. The van der Waals surface area contributed by atoms with Gasteiger partial charge in [0.05, 0.1) is 32.7 Å². The summed E-state index contributed by atoms with van der Waals surface area (Å²) in [7, 11) is 4.56. The van der Waals surface area contributed by atoms with Gasteiger partial charge in [-0.2, -0.15) is 0 Å².